The fourth-order valence-electron chi connectivity index (χ4n) is 5.57. The minimum Gasteiger partial charge on any atom is -0.492 e. The molecule has 194 valence electrons. The number of benzene rings is 3. The fourth-order valence-corrected chi connectivity index (χ4v) is 5.57. The van der Waals surface area contributed by atoms with Gasteiger partial charge in [-0.1, -0.05) is 12.1 Å². The summed E-state index contributed by atoms with van der Waals surface area (Å²) in [6.45, 7) is 5.43. The molecule has 0 saturated carbocycles. The van der Waals surface area contributed by atoms with Crippen molar-refractivity contribution in [1.82, 2.24) is 0 Å². The van der Waals surface area contributed by atoms with Gasteiger partial charge in [0.15, 0.2) is 0 Å². The smallest absolute Gasteiger partial charge is 0.304 e. The van der Waals surface area contributed by atoms with Crippen LogP contribution in [0.4, 0.5) is 4.39 Å². The summed E-state index contributed by atoms with van der Waals surface area (Å²) in [5.74, 6) is 0.721. The second-order valence-corrected chi connectivity index (χ2v) is 9.71. The predicted molar refractivity (Wildman–Crippen MR) is 137 cm³/mol. The minimum absolute atomic E-state index is 0.0241. The molecule has 1 aliphatic carbocycles. The number of carboxylic acids is 1. The topological polar surface area (TPSA) is 74.2 Å². The normalized spacial score (nSPS) is 17.7. The number of aryl methyl sites for hydroxylation is 2. The van der Waals surface area contributed by atoms with Crippen molar-refractivity contribution in [3.05, 3.63) is 76.1 Å². The number of ether oxygens (including phenoxy) is 4. The molecular formula is C30H31FO6. The summed E-state index contributed by atoms with van der Waals surface area (Å²) in [7, 11) is 1.64. The van der Waals surface area contributed by atoms with Crippen LogP contribution in [0.1, 0.15) is 52.7 Å². The average Bonchev–Trinajstić information content (AvgIpc) is 3.45. The quantitative estimate of drug-likeness (QED) is 0.351. The number of halogens is 1. The van der Waals surface area contributed by atoms with Gasteiger partial charge in [0.05, 0.1) is 19.6 Å². The maximum atomic E-state index is 15.2. The van der Waals surface area contributed by atoms with Gasteiger partial charge in [0.1, 0.15) is 35.8 Å². The molecule has 1 N–H and O–H groups in total. The summed E-state index contributed by atoms with van der Waals surface area (Å²) in [5.41, 5.74) is 6.69. The molecule has 0 unspecified atom stereocenters. The third-order valence-electron chi connectivity index (χ3n) is 7.18. The van der Waals surface area contributed by atoms with Crippen LogP contribution >= 0.6 is 0 Å². The van der Waals surface area contributed by atoms with Crippen LogP contribution in [-0.2, 0) is 16.0 Å². The molecule has 1 heterocycles. The predicted octanol–water partition coefficient (Wildman–Crippen LogP) is 6.15. The van der Waals surface area contributed by atoms with Crippen molar-refractivity contribution in [1.29, 1.82) is 0 Å². The molecule has 3 aromatic rings. The first-order chi connectivity index (χ1) is 17.9. The number of aliphatic carboxylic acids is 1. The fraction of sp³-hybridized carbons (Fsp3) is 0.367. The Kier molecular flexibility index (Phi) is 7.07. The van der Waals surface area contributed by atoms with E-state index in [1.165, 1.54) is 6.07 Å². The molecule has 37 heavy (non-hydrogen) atoms. The van der Waals surface area contributed by atoms with Crippen LogP contribution in [0.15, 0.2) is 42.5 Å². The van der Waals surface area contributed by atoms with Crippen LogP contribution in [0.5, 0.6) is 17.2 Å². The van der Waals surface area contributed by atoms with Crippen LogP contribution in [0, 0.1) is 19.7 Å². The Morgan fingerprint density at radius 3 is 2.59 bits per heavy atom. The highest BCUT2D eigenvalue weighted by Gasteiger charge is 2.32. The van der Waals surface area contributed by atoms with E-state index in [9.17, 15) is 4.79 Å². The molecule has 0 saturated heterocycles. The van der Waals surface area contributed by atoms with Crippen LogP contribution < -0.4 is 14.2 Å². The molecule has 0 radical (unpaired) electrons. The summed E-state index contributed by atoms with van der Waals surface area (Å²) >= 11 is 0. The third-order valence-corrected chi connectivity index (χ3v) is 7.18. The highest BCUT2D eigenvalue weighted by molar-refractivity contribution is 5.76. The molecule has 7 heteroatoms. The van der Waals surface area contributed by atoms with Crippen molar-refractivity contribution in [3.8, 4) is 28.4 Å². The first kappa shape index (κ1) is 25.1. The van der Waals surface area contributed by atoms with Crippen molar-refractivity contribution < 1.29 is 33.2 Å². The SMILES string of the molecule is COCCOc1cc(C)c(-c2ccc(F)c3c2CC[C@H]3Oc2ccc3c(c2)OC[C@H]3CC(=O)O)c(C)c1. The standard InChI is InChI=1S/C30H31FO6/c1-17-12-21(35-11-10-34-3)13-18(2)29(17)23-6-8-25(31)30-24(23)7-9-26(30)37-20-4-5-22-19(14-28(32)33)16-36-27(22)15-20/h4-6,8,12-13,15,19,26H,7,9-11,14,16H2,1-3H3,(H,32,33)/t19-,26-/m1/s1. The zero-order valence-corrected chi connectivity index (χ0v) is 21.3. The molecule has 0 aromatic heterocycles. The summed E-state index contributed by atoms with van der Waals surface area (Å²) in [6, 6.07) is 12.9. The highest BCUT2D eigenvalue weighted by Crippen LogP contribution is 2.45. The van der Waals surface area contributed by atoms with E-state index in [2.05, 4.69) is 0 Å². The first-order valence-corrected chi connectivity index (χ1v) is 12.6. The number of fused-ring (bicyclic) bond motifs is 2. The molecule has 6 nitrogen and oxygen atoms in total. The lowest BCUT2D eigenvalue weighted by molar-refractivity contribution is -0.137. The Hall–Kier alpha value is -3.58. The molecule has 0 bridgehead atoms. The van der Waals surface area contributed by atoms with Gasteiger partial charge < -0.3 is 24.1 Å². The first-order valence-electron chi connectivity index (χ1n) is 12.6. The molecule has 0 amide bonds. The van der Waals surface area contributed by atoms with Crippen LogP contribution in [0.2, 0.25) is 0 Å². The molecule has 0 spiro atoms. The van der Waals surface area contributed by atoms with Crippen LogP contribution in [-0.4, -0.2) is 38.0 Å². The zero-order chi connectivity index (χ0) is 26.1. The Balaban J connectivity index is 1.41. The van der Waals surface area contributed by atoms with E-state index in [4.69, 9.17) is 24.1 Å². The van der Waals surface area contributed by atoms with Gasteiger partial charge in [-0.2, -0.15) is 0 Å². The monoisotopic (exact) mass is 506 g/mol. The Bertz CT molecular complexity index is 1310. The molecule has 2 atom stereocenters. The Labute approximate surface area is 215 Å². The number of methoxy groups -OCH3 is 1. The molecule has 5 rings (SSSR count). The molecule has 0 fully saturated rings. The third kappa shape index (κ3) is 5.01. The summed E-state index contributed by atoms with van der Waals surface area (Å²) < 4.78 is 38.1. The van der Waals surface area contributed by atoms with Gasteiger partial charge in [0, 0.05) is 30.2 Å². The lowest BCUT2D eigenvalue weighted by Crippen LogP contribution is -2.07. The van der Waals surface area contributed by atoms with Gasteiger partial charge in [-0.05, 0) is 78.8 Å². The van der Waals surface area contributed by atoms with Crippen molar-refractivity contribution in [2.24, 2.45) is 0 Å². The lowest BCUT2D eigenvalue weighted by Gasteiger charge is -2.19. The van der Waals surface area contributed by atoms with E-state index in [1.54, 1.807) is 13.2 Å². The maximum Gasteiger partial charge on any atom is 0.304 e. The highest BCUT2D eigenvalue weighted by atomic mass is 19.1. The van der Waals surface area contributed by atoms with Gasteiger partial charge in [0.2, 0.25) is 0 Å². The Morgan fingerprint density at radius 1 is 1.08 bits per heavy atom. The molecule has 3 aromatic carbocycles. The van der Waals surface area contributed by atoms with E-state index < -0.39 is 12.1 Å². The van der Waals surface area contributed by atoms with Crippen LogP contribution in [0.25, 0.3) is 11.1 Å². The van der Waals surface area contributed by atoms with E-state index in [0.29, 0.717) is 49.7 Å². The largest absolute Gasteiger partial charge is 0.492 e. The zero-order valence-electron chi connectivity index (χ0n) is 21.3. The second-order valence-electron chi connectivity index (χ2n) is 9.71. The van der Waals surface area contributed by atoms with Gasteiger partial charge in [-0.25, -0.2) is 4.39 Å². The van der Waals surface area contributed by atoms with E-state index >= 15 is 4.39 Å². The van der Waals surface area contributed by atoms with Crippen molar-refractivity contribution >= 4 is 5.97 Å². The van der Waals surface area contributed by atoms with Crippen LogP contribution in [0.3, 0.4) is 0 Å². The molecular weight excluding hydrogens is 475 g/mol. The van der Waals surface area contributed by atoms with Gasteiger partial charge in [-0.15, -0.1) is 0 Å². The average molecular weight is 507 g/mol. The number of carboxylic acid groups (broad SMARTS) is 1. The van der Waals surface area contributed by atoms with Gasteiger partial charge in [0.25, 0.3) is 0 Å². The second kappa shape index (κ2) is 10.4. The molecule has 2 aliphatic rings. The summed E-state index contributed by atoms with van der Waals surface area (Å²) in [5, 5.41) is 9.13. The summed E-state index contributed by atoms with van der Waals surface area (Å²) in [4.78, 5) is 11.1. The summed E-state index contributed by atoms with van der Waals surface area (Å²) in [6.07, 6.45) is 0.983. The maximum absolute atomic E-state index is 15.2. The molecule has 1 aliphatic heterocycles. The number of hydrogen-bond acceptors (Lipinski definition) is 5. The Morgan fingerprint density at radius 2 is 1.86 bits per heavy atom. The minimum atomic E-state index is -0.852. The van der Waals surface area contributed by atoms with Crippen molar-refractivity contribution in [2.45, 2.75) is 45.1 Å². The van der Waals surface area contributed by atoms with Crippen molar-refractivity contribution in [2.75, 3.05) is 26.9 Å². The van der Waals surface area contributed by atoms with E-state index in [1.807, 2.05) is 44.2 Å². The van der Waals surface area contributed by atoms with E-state index in [0.717, 1.165) is 39.1 Å². The van der Waals surface area contributed by atoms with Gasteiger partial charge >= 0.3 is 5.97 Å². The van der Waals surface area contributed by atoms with Gasteiger partial charge in [-0.3, -0.25) is 4.79 Å². The lowest BCUT2D eigenvalue weighted by atomic mass is 9.90. The van der Waals surface area contributed by atoms with Crippen molar-refractivity contribution in [3.63, 3.8) is 0 Å². The van der Waals surface area contributed by atoms with E-state index in [-0.39, 0.29) is 18.2 Å². The number of hydrogen-bond donors (Lipinski definition) is 1. The number of rotatable bonds is 9. The number of carbonyl (C=O) groups is 1.